The van der Waals surface area contributed by atoms with Crippen molar-refractivity contribution < 1.29 is 9.18 Å². The van der Waals surface area contributed by atoms with E-state index in [4.69, 9.17) is 0 Å². The zero-order valence-corrected chi connectivity index (χ0v) is 15.6. The Bertz CT molecular complexity index is 939. The van der Waals surface area contributed by atoms with Gasteiger partial charge in [-0.3, -0.25) is 14.6 Å². The molecule has 1 aliphatic heterocycles. The van der Waals surface area contributed by atoms with E-state index in [0.717, 1.165) is 60.2 Å². The van der Waals surface area contributed by atoms with Gasteiger partial charge in [-0.25, -0.2) is 4.39 Å². The third kappa shape index (κ3) is 4.47. The van der Waals surface area contributed by atoms with E-state index in [0.29, 0.717) is 13.1 Å². The number of benzene rings is 2. The molecule has 0 aliphatic carbocycles. The average Bonchev–Trinajstić information content (AvgIpc) is 3.13. The van der Waals surface area contributed by atoms with Crippen LogP contribution in [0, 0.1) is 5.82 Å². The molecule has 0 atom stereocenters. The van der Waals surface area contributed by atoms with E-state index < -0.39 is 0 Å². The summed E-state index contributed by atoms with van der Waals surface area (Å²) in [5.74, 6) is -0.202. The van der Waals surface area contributed by atoms with Crippen LogP contribution in [0.5, 0.6) is 0 Å². The van der Waals surface area contributed by atoms with Crippen LogP contribution in [0.4, 0.5) is 10.1 Å². The second-order valence-corrected chi connectivity index (χ2v) is 7.19. The molecule has 8 heteroatoms. The number of hydrogen-bond acceptors (Lipinski definition) is 6. The van der Waals surface area contributed by atoms with Crippen LogP contribution in [0.2, 0.25) is 0 Å². The summed E-state index contributed by atoms with van der Waals surface area (Å²) < 4.78 is 22.1. The van der Waals surface area contributed by atoms with Crippen LogP contribution < -0.4 is 5.32 Å². The minimum atomic E-state index is -0.161. The maximum Gasteiger partial charge on any atom is 0.238 e. The predicted octanol–water partition coefficient (Wildman–Crippen LogP) is 2.59. The summed E-state index contributed by atoms with van der Waals surface area (Å²) in [5.41, 5.74) is 3.08. The molecular weight excluding hydrogens is 365 g/mol. The lowest BCUT2D eigenvalue weighted by atomic mass is 10.2. The Morgan fingerprint density at radius 2 is 1.78 bits per heavy atom. The lowest BCUT2D eigenvalue weighted by Gasteiger charge is -2.34. The molecule has 4 rings (SSSR count). The van der Waals surface area contributed by atoms with Crippen molar-refractivity contribution in [3.63, 3.8) is 0 Å². The van der Waals surface area contributed by atoms with E-state index in [1.165, 1.54) is 6.07 Å². The number of carbonyl (C=O) groups is 1. The SMILES string of the molecule is O=C(CN1CCN(Cc2ccccc2F)CC1)Nc1ccc2nsnc2c1. The summed E-state index contributed by atoms with van der Waals surface area (Å²) in [4.78, 5) is 16.7. The van der Waals surface area contributed by atoms with Crippen molar-refractivity contribution in [3.05, 3.63) is 53.8 Å². The average molecular weight is 385 g/mol. The van der Waals surface area contributed by atoms with E-state index in [2.05, 4.69) is 23.9 Å². The lowest BCUT2D eigenvalue weighted by molar-refractivity contribution is -0.117. The zero-order chi connectivity index (χ0) is 18.6. The minimum Gasteiger partial charge on any atom is -0.325 e. The first-order valence-corrected chi connectivity index (χ1v) is 9.61. The summed E-state index contributed by atoms with van der Waals surface area (Å²) in [6, 6.07) is 12.4. The third-order valence-corrected chi connectivity index (χ3v) is 5.28. The number of halogens is 1. The summed E-state index contributed by atoms with van der Waals surface area (Å²) in [6.07, 6.45) is 0. The van der Waals surface area contributed by atoms with Gasteiger partial charge in [-0.05, 0) is 24.3 Å². The van der Waals surface area contributed by atoms with Gasteiger partial charge in [0, 0.05) is 44.0 Å². The van der Waals surface area contributed by atoms with Gasteiger partial charge in [0.05, 0.1) is 18.3 Å². The van der Waals surface area contributed by atoms with Crippen LogP contribution >= 0.6 is 11.7 Å². The van der Waals surface area contributed by atoms with Gasteiger partial charge >= 0.3 is 0 Å². The largest absolute Gasteiger partial charge is 0.325 e. The number of nitrogens with zero attached hydrogens (tertiary/aromatic N) is 4. The predicted molar refractivity (Wildman–Crippen MR) is 104 cm³/mol. The fourth-order valence-corrected chi connectivity index (χ4v) is 3.75. The Kier molecular flexibility index (Phi) is 5.38. The van der Waals surface area contributed by atoms with Gasteiger partial charge in [-0.15, -0.1) is 0 Å². The van der Waals surface area contributed by atoms with Crippen molar-refractivity contribution in [2.75, 3.05) is 38.0 Å². The molecule has 27 heavy (non-hydrogen) atoms. The number of anilines is 1. The van der Waals surface area contributed by atoms with Gasteiger partial charge in [0.2, 0.25) is 5.91 Å². The van der Waals surface area contributed by atoms with Crippen molar-refractivity contribution in [1.82, 2.24) is 18.5 Å². The molecule has 0 bridgehead atoms. The number of piperazine rings is 1. The van der Waals surface area contributed by atoms with Crippen molar-refractivity contribution in [3.8, 4) is 0 Å². The van der Waals surface area contributed by atoms with Gasteiger partial charge in [0.1, 0.15) is 16.9 Å². The number of carbonyl (C=O) groups excluding carboxylic acids is 1. The van der Waals surface area contributed by atoms with Gasteiger partial charge in [0.25, 0.3) is 0 Å². The van der Waals surface area contributed by atoms with Crippen molar-refractivity contribution in [2.45, 2.75) is 6.54 Å². The highest BCUT2D eigenvalue weighted by molar-refractivity contribution is 7.00. The number of nitrogens with one attached hydrogen (secondary N) is 1. The molecule has 0 radical (unpaired) electrons. The molecule has 1 fully saturated rings. The molecule has 2 heterocycles. The van der Waals surface area contributed by atoms with Crippen LogP contribution in [0.3, 0.4) is 0 Å². The number of rotatable bonds is 5. The van der Waals surface area contributed by atoms with E-state index in [-0.39, 0.29) is 11.7 Å². The van der Waals surface area contributed by atoms with Crippen molar-refractivity contribution >= 4 is 34.4 Å². The number of fused-ring (bicyclic) bond motifs is 1. The monoisotopic (exact) mass is 385 g/mol. The highest BCUT2D eigenvalue weighted by atomic mass is 32.1. The van der Waals surface area contributed by atoms with Crippen molar-refractivity contribution in [1.29, 1.82) is 0 Å². The third-order valence-electron chi connectivity index (χ3n) is 4.72. The summed E-state index contributed by atoms with van der Waals surface area (Å²) >= 11 is 1.16. The molecule has 1 saturated heterocycles. The van der Waals surface area contributed by atoms with E-state index in [1.807, 2.05) is 30.3 Å². The first-order valence-electron chi connectivity index (χ1n) is 8.88. The molecule has 0 unspecified atom stereocenters. The lowest BCUT2D eigenvalue weighted by Crippen LogP contribution is -2.48. The minimum absolute atomic E-state index is 0.0416. The highest BCUT2D eigenvalue weighted by Crippen LogP contribution is 2.17. The van der Waals surface area contributed by atoms with Crippen molar-refractivity contribution in [2.24, 2.45) is 0 Å². The number of amides is 1. The second kappa shape index (κ2) is 8.08. The molecule has 1 amide bonds. The van der Waals surface area contributed by atoms with Crippen LogP contribution in [0.1, 0.15) is 5.56 Å². The number of hydrogen-bond donors (Lipinski definition) is 1. The van der Waals surface area contributed by atoms with Gasteiger partial charge in [0.15, 0.2) is 0 Å². The Labute approximate surface area is 160 Å². The maximum atomic E-state index is 13.8. The van der Waals surface area contributed by atoms with Crippen LogP contribution in [-0.2, 0) is 11.3 Å². The Balaban J connectivity index is 1.26. The Hall–Kier alpha value is -2.42. The summed E-state index contributed by atoms with van der Waals surface area (Å²) in [7, 11) is 0. The number of aromatic nitrogens is 2. The molecule has 6 nitrogen and oxygen atoms in total. The normalized spacial score (nSPS) is 15.9. The topological polar surface area (TPSA) is 61.4 Å². The highest BCUT2D eigenvalue weighted by Gasteiger charge is 2.20. The fraction of sp³-hybridized carbons (Fsp3) is 0.316. The van der Waals surface area contributed by atoms with Gasteiger partial charge in [-0.1, -0.05) is 18.2 Å². The molecule has 1 aromatic heterocycles. The first-order chi connectivity index (χ1) is 13.2. The molecule has 0 spiro atoms. The molecular formula is C19H20FN5OS. The van der Waals surface area contributed by atoms with E-state index >= 15 is 0 Å². The van der Waals surface area contributed by atoms with Crippen LogP contribution in [-0.4, -0.2) is 57.2 Å². The standard InChI is InChI=1S/C19H20FN5OS/c20-16-4-2-1-3-14(16)12-24-7-9-25(10-8-24)13-19(26)21-15-5-6-17-18(11-15)23-27-22-17/h1-6,11H,7-10,12-13H2,(H,21,26). The first kappa shape index (κ1) is 18.0. The second-order valence-electron chi connectivity index (χ2n) is 6.66. The van der Waals surface area contributed by atoms with Crippen LogP contribution in [0.15, 0.2) is 42.5 Å². The zero-order valence-electron chi connectivity index (χ0n) is 14.8. The van der Waals surface area contributed by atoms with Gasteiger partial charge < -0.3 is 5.32 Å². The summed E-state index contributed by atoms with van der Waals surface area (Å²) in [6.45, 7) is 4.17. The Morgan fingerprint density at radius 3 is 2.59 bits per heavy atom. The quantitative estimate of drug-likeness (QED) is 0.732. The van der Waals surface area contributed by atoms with Gasteiger partial charge in [-0.2, -0.15) is 8.75 Å². The van der Waals surface area contributed by atoms with E-state index in [1.54, 1.807) is 6.07 Å². The molecule has 3 aromatic rings. The summed E-state index contributed by atoms with van der Waals surface area (Å²) in [5, 5.41) is 2.92. The molecule has 140 valence electrons. The fourth-order valence-electron chi connectivity index (χ4n) is 3.24. The van der Waals surface area contributed by atoms with Crippen LogP contribution in [0.25, 0.3) is 11.0 Å². The maximum absolute atomic E-state index is 13.8. The molecule has 1 aliphatic rings. The molecule has 0 saturated carbocycles. The smallest absolute Gasteiger partial charge is 0.238 e. The molecule has 2 aromatic carbocycles. The molecule has 1 N–H and O–H groups in total. The Morgan fingerprint density at radius 1 is 1.04 bits per heavy atom. The van der Waals surface area contributed by atoms with E-state index in [9.17, 15) is 9.18 Å².